The molecule has 22 heavy (non-hydrogen) atoms. The van der Waals surface area contributed by atoms with Crippen LogP contribution in [0.25, 0.3) is 0 Å². The van der Waals surface area contributed by atoms with E-state index >= 15 is 0 Å². The number of rotatable bonds is 2. The van der Waals surface area contributed by atoms with Crippen LogP contribution in [-0.2, 0) is 18.3 Å². The molecule has 0 aliphatic carbocycles. The molecule has 0 heteroatoms. The second-order valence-electron chi connectivity index (χ2n) is 6.98. The van der Waals surface area contributed by atoms with E-state index < -0.39 is 0 Å². The van der Waals surface area contributed by atoms with E-state index in [1.54, 1.807) is 0 Å². The Morgan fingerprint density at radius 2 is 1.32 bits per heavy atom. The van der Waals surface area contributed by atoms with Gasteiger partial charge in [0.05, 0.1) is 0 Å². The van der Waals surface area contributed by atoms with Crippen molar-refractivity contribution >= 4 is 0 Å². The summed E-state index contributed by atoms with van der Waals surface area (Å²) in [6, 6.07) is 15.1. The number of hydrogen-bond donors (Lipinski definition) is 0. The normalized spacial score (nSPS) is 10.9. The number of benzene rings is 2. The van der Waals surface area contributed by atoms with E-state index in [0.717, 1.165) is 12.8 Å². The van der Waals surface area contributed by atoms with Crippen LogP contribution in [0, 0.1) is 13.8 Å². The first-order valence-corrected chi connectivity index (χ1v) is 8.44. The van der Waals surface area contributed by atoms with Crippen molar-refractivity contribution < 1.29 is 0 Å². The lowest BCUT2D eigenvalue weighted by Crippen LogP contribution is -2.14. The summed E-state index contributed by atoms with van der Waals surface area (Å²) < 4.78 is 0. The summed E-state index contributed by atoms with van der Waals surface area (Å²) in [4.78, 5) is 0. The zero-order chi connectivity index (χ0) is 16.8. The smallest absolute Gasteiger partial charge is 0.0129 e. The third kappa shape index (κ3) is 5.02. The third-order valence-corrected chi connectivity index (χ3v) is 4.21. The summed E-state index contributed by atoms with van der Waals surface area (Å²) >= 11 is 0. The van der Waals surface area contributed by atoms with Gasteiger partial charge in [0.15, 0.2) is 0 Å². The van der Waals surface area contributed by atoms with Crippen LogP contribution in [0.1, 0.15) is 62.4 Å². The molecule has 2 aromatic carbocycles. The highest BCUT2D eigenvalue weighted by Gasteiger charge is 2.17. The highest BCUT2D eigenvalue weighted by Crippen LogP contribution is 2.27. The maximum absolute atomic E-state index is 2.28. The van der Waals surface area contributed by atoms with Crippen molar-refractivity contribution in [3.05, 3.63) is 70.3 Å². The van der Waals surface area contributed by atoms with Gasteiger partial charge in [-0.2, -0.15) is 0 Å². The fourth-order valence-electron chi connectivity index (χ4n) is 2.88. The number of hydrogen-bond acceptors (Lipinski definition) is 0. The van der Waals surface area contributed by atoms with Gasteiger partial charge in [0.1, 0.15) is 0 Å². The van der Waals surface area contributed by atoms with Gasteiger partial charge in [-0.1, -0.05) is 77.1 Å². The fourth-order valence-corrected chi connectivity index (χ4v) is 2.88. The summed E-state index contributed by atoms with van der Waals surface area (Å²) in [7, 11) is 0. The first-order valence-electron chi connectivity index (χ1n) is 8.44. The molecule has 0 amide bonds. The summed E-state index contributed by atoms with van der Waals surface area (Å²) in [6.07, 6.45) is 2.28. The van der Waals surface area contributed by atoms with Gasteiger partial charge in [0.25, 0.3) is 0 Å². The van der Waals surface area contributed by atoms with Crippen molar-refractivity contribution in [2.75, 3.05) is 0 Å². The Balaban J connectivity index is 0.000000235. The minimum atomic E-state index is 0.275. The van der Waals surface area contributed by atoms with E-state index in [9.17, 15) is 0 Å². The molecule has 0 N–H and O–H groups in total. The molecule has 0 saturated carbocycles. The van der Waals surface area contributed by atoms with Crippen LogP contribution in [0.2, 0.25) is 0 Å². The molecule has 0 spiro atoms. The van der Waals surface area contributed by atoms with Crippen LogP contribution in [0.3, 0.4) is 0 Å². The Labute approximate surface area is 137 Å². The first kappa shape index (κ1) is 18.5. The first-order chi connectivity index (χ1) is 10.3. The summed E-state index contributed by atoms with van der Waals surface area (Å²) in [6.45, 7) is 15.6. The quantitative estimate of drug-likeness (QED) is 0.600. The van der Waals surface area contributed by atoms with Gasteiger partial charge >= 0.3 is 0 Å². The molecule has 0 unspecified atom stereocenters. The van der Waals surface area contributed by atoms with Crippen LogP contribution in [-0.4, -0.2) is 0 Å². The minimum absolute atomic E-state index is 0.275. The Hall–Kier alpha value is -1.56. The van der Waals surface area contributed by atoms with E-state index in [-0.39, 0.29) is 5.41 Å². The molecule has 0 heterocycles. The van der Waals surface area contributed by atoms with Crippen LogP contribution < -0.4 is 0 Å². The maximum atomic E-state index is 2.28. The van der Waals surface area contributed by atoms with Crippen LogP contribution in [0.5, 0.6) is 0 Å². The van der Waals surface area contributed by atoms with Crippen LogP contribution >= 0.6 is 0 Å². The molecule has 0 saturated heterocycles. The van der Waals surface area contributed by atoms with E-state index in [2.05, 4.69) is 90.9 Å². The highest BCUT2D eigenvalue weighted by atomic mass is 14.2. The Kier molecular flexibility index (Phi) is 6.87. The molecule has 2 aromatic rings. The zero-order valence-electron chi connectivity index (χ0n) is 15.5. The molecule has 0 nitrogen and oxygen atoms in total. The predicted octanol–water partition coefficient (Wildman–Crippen LogP) is 6.41. The van der Waals surface area contributed by atoms with Gasteiger partial charge in [0.2, 0.25) is 0 Å². The molecule has 120 valence electrons. The van der Waals surface area contributed by atoms with Crippen LogP contribution in [0.4, 0.5) is 0 Å². The summed E-state index contributed by atoms with van der Waals surface area (Å²) in [5.74, 6) is 0. The van der Waals surface area contributed by atoms with E-state index in [1.807, 2.05) is 0 Å². The standard InChI is InChI=1S/C13H20.C9H12/c1-6-11-10(2)8-7-9-12(11)13(3,4)5;1-3-9-7-5-4-6-8(9)2/h7-9H,6H2,1-5H3;4-7H,3H2,1-2H3. The van der Waals surface area contributed by atoms with Gasteiger partial charge in [0, 0.05) is 0 Å². The lowest BCUT2D eigenvalue weighted by molar-refractivity contribution is 0.582. The lowest BCUT2D eigenvalue weighted by Gasteiger charge is -2.23. The van der Waals surface area contributed by atoms with Gasteiger partial charge in [-0.15, -0.1) is 0 Å². The van der Waals surface area contributed by atoms with Crippen molar-refractivity contribution in [1.29, 1.82) is 0 Å². The van der Waals surface area contributed by atoms with Crippen molar-refractivity contribution in [1.82, 2.24) is 0 Å². The van der Waals surface area contributed by atoms with Crippen LogP contribution in [0.15, 0.2) is 42.5 Å². The molecule has 0 radical (unpaired) electrons. The highest BCUT2D eigenvalue weighted by molar-refractivity contribution is 5.38. The molecular formula is C22H32. The van der Waals surface area contributed by atoms with E-state index in [4.69, 9.17) is 0 Å². The van der Waals surface area contributed by atoms with E-state index in [1.165, 1.54) is 27.8 Å². The number of aryl methyl sites for hydroxylation is 3. The Bertz CT molecular complexity index is 585. The molecule has 0 aliphatic heterocycles. The van der Waals surface area contributed by atoms with Gasteiger partial charge < -0.3 is 0 Å². The topological polar surface area (TPSA) is 0 Å². The molecule has 0 fully saturated rings. The summed E-state index contributed by atoms with van der Waals surface area (Å²) in [5, 5.41) is 0. The monoisotopic (exact) mass is 296 g/mol. The summed E-state index contributed by atoms with van der Waals surface area (Å²) in [5.41, 5.74) is 7.58. The average Bonchev–Trinajstić information content (AvgIpc) is 2.47. The molecule has 0 bridgehead atoms. The Morgan fingerprint density at radius 1 is 0.727 bits per heavy atom. The second-order valence-corrected chi connectivity index (χ2v) is 6.98. The zero-order valence-corrected chi connectivity index (χ0v) is 15.5. The third-order valence-electron chi connectivity index (χ3n) is 4.21. The minimum Gasteiger partial charge on any atom is -0.0620 e. The molecular weight excluding hydrogens is 264 g/mol. The van der Waals surface area contributed by atoms with Gasteiger partial charge in [-0.25, -0.2) is 0 Å². The lowest BCUT2D eigenvalue weighted by atomic mass is 9.81. The SMILES string of the molecule is CCc1c(C)cccc1C(C)(C)C.CCc1ccccc1C. The molecule has 0 atom stereocenters. The van der Waals surface area contributed by atoms with Crippen molar-refractivity contribution in [2.45, 2.75) is 66.7 Å². The average molecular weight is 296 g/mol. The van der Waals surface area contributed by atoms with E-state index in [0.29, 0.717) is 0 Å². The van der Waals surface area contributed by atoms with Crippen molar-refractivity contribution in [3.8, 4) is 0 Å². The Morgan fingerprint density at radius 3 is 1.73 bits per heavy atom. The predicted molar refractivity (Wildman–Crippen MR) is 99.8 cm³/mol. The van der Waals surface area contributed by atoms with Gasteiger partial charge in [-0.3, -0.25) is 0 Å². The molecule has 0 aromatic heterocycles. The van der Waals surface area contributed by atoms with Gasteiger partial charge in [-0.05, 0) is 59.9 Å². The second kappa shape index (κ2) is 8.17. The fraction of sp³-hybridized carbons (Fsp3) is 0.455. The van der Waals surface area contributed by atoms with Crippen molar-refractivity contribution in [3.63, 3.8) is 0 Å². The molecule has 0 aliphatic rings. The molecule has 2 rings (SSSR count). The van der Waals surface area contributed by atoms with Crippen molar-refractivity contribution in [2.24, 2.45) is 0 Å². The largest absolute Gasteiger partial charge is 0.0620 e. The maximum Gasteiger partial charge on any atom is -0.0129 e.